The molecule has 1 N–H and O–H groups in total. The Morgan fingerprint density at radius 3 is 2.48 bits per heavy atom. The molecule has 0 saturated carbocycles. The van der Waals surface area contributed by atoms with Gasteiger partial charge >= 0.3 is 5.97 Å². The second-order valence-electron chi connectivity index (χ2n) is 6.88. The van der Waals surface area contributed by atoms with Crippen molar-refractivity contribution < 1.29 is 27.9 Å². The van der Waals surface area contributed by atoms with Crippen LogP contribution >= 0.6 is 0 Å². The highest BCUT2D eigenvalue weighted by atomic mass is 19.1. The number of para-hydroxylation sites is 1. The lowest BCUT2D eigenvalue weighted by molar-refractivity contribution is -0.151. The first-order valence-electron chi connectivity index (χ1n) is 9.05. The van der Waals surface area contributed by atoms with Crippen LogP contribution in [0, 0.1) is 31.4 Å². The van der Waals surface area contributed by atoms with E-state index in [0.29, 0.717) is 0 Å². The minimum absolute atomic E-state index is 0.0320. The minimum Gasteiger partial charge on any atom is -0.455 e. The predicted octanol–water partition coefficient (Wildman–Crippen LogP) is 3.12. The number of rotatable bonds is 5. The average molecular weight is 402 g/mol. The second kappa shape index (κ2) is 8.38. The Labute approximate surface area is 166 Å². The fourth-order valence-corrected chi connectivity index (χ4v) is 3.17. The molecule has 0 unspecified atom stereocenters. The Morgan fingerprint density at radius 1 is 1.14 bits per heavy atom. The Kier molecular flexibility index (Phi) is 5.91. The summed E-state index contributed by atoms with van der Waals surface area (Å²) in [4.78, 5) is 38.0. The Bertz CT molecular complexity index is 957. The largest absolute Gasteiger partial charge is 0.455 e. The molecule has 1 aliphatic rings. The van der Waals surface area contributed by atoms with Gasteiger partial charge in [0.2, 0.25) is 5.91 Å². The maximum absolute atomic E-state index is 13.6. The fraction of sp³-hybridized carbons (Fsp3) is 0.286. The van der Waals surface area contributed by atoms with Gasteiger partial charge in [-0.3, -0.25) is 14.4 Å². The molecule has 1 heterocycles. The van der Waals surface area contributed by atoms with E-state index < -0.39 is 41.7 Å². The molecule has 1 saturated heterocycles. The number of amides is 2. The number of hydrogen-bond acceptors (Lipinski definition) is 4. The van der Waals surface area contributed by atoms with Gasteiger partial charge in [0.1, 0.15) is 17.3 Å². The maximum Gasteiger partial charge on any atom is 0.311 e. The molecule has 29 heavy (non-hydrogen) atoms. The SMILES string of the molecule is Cc1cccc(N2C[C@@H](C(=O)OCC(=O)Nc3c(F)cccc3F)CC2=O)c1C. The lowest BCUT2D eigenvalue weighted by atomic mass is 10.1. The van der Waals surface area contributed by atoms with Crippen molar-refractivity contribution in [2.75, 3.05) is 23.4 Å². The van der Waals surface area contributed by atoms with E-state index >= 15 is 0 Å². The van der Waals surface area contributed by atoms with E-state index in [1.54, 1.807) is 0 Å². The number of anilines is 2. The van der Waals surface area contributed by atoms with Gasteiger partial charge in [-0.25, -0.2) is 8.78 Å². The van der Waals surface area contributed by atoms with E-state index in [2.05, 4.69) is 0 Å². The van der Waals surface area contributed by atoms with Gasteiger partial charge in [0.15, 0.2) is 6.61 Å². The van der Waals surface area contributed by atoms with Crippen molar-refractivity contribution in [3.8, 4) is 0 Å². The van der Waals surface area contributed by atoms with Gasteiger partial charge in [0.25, 0.3) is 5.91 Å². The number of carbonyl (C=O) groups excluding carboxylic acids is 3. The standard InChI is InChI=1S/C21H20F2N2O4/c1-12-5-3-8-17(13(12)2)25-10-14(9-19(25)27)21(28)29-11-18(26)24-20-15(22)6-4-7-16(20)23/h3-8,14H,9-11H2,1-2H3,(H,24,26)/t14-/m0/s1. The molecule has 0 bridgehead atoms. The first kappa shape index (κ1) is 20.4. The molecule has 8 heteroatoms. The summed E-state index contributed by atoms with van der Waals surface area (Å²) in [6, 6.07) is 8.74. The van der Waals surface area contributed by atoms with E-state index in [9.17, 15) is 23.2 Å². The van der Waals surface area contributed by atoms with E-state index in [4.69, 9.17) is 4.74 Å². The van der Waals surface area contributed by atoms with Crippen LogP contribution in [0.25, 0.3) is 0 Å². The number of benzene rings is 2. The van der Waals surface area contributed by atoms with Gasteiger partial charge in [0.05, 0.1) is 5.92 Å². The summed E-state index contributed by atoms with van der Waals surface area (Å²) in [5.41, 5.74) is 2.10. The number of halogens is 2. The van der Waals surface area contributed by atoms with Gasteiger partial charge in [-0.1, -0.05) is 18.2 Å². The third-order valence-corrected chi connectivity index (χ3v) is 4.90. The maximum atomic E-state index is 13.6. The van der Waals surface area contributed by atoms with Gasteiger partial charge < -0.3 is 15.0 Å². The molecule has 0 radical (unpaired) electrons. The Balaban J connectivity index is 1.58. The number of nitrogens with zero attached hydrogens (tertiary/aromatic N) is 1. The summed E-state index contributed by atoms with van der Waals surface area (Å²) in [5, 5.41) is 2.04. The molecular weight excluding hydrogens is 382 g/mol. The number of aryl methyl sites for hydroxylation is 1. The van der Waals surface area contributed by atoms with Crippen LogP contribution in [-0.2, 0) is 19.1 Å². The third-order valence-electron chi connectivity index (χ3n) is 4.90. The summed E-state index contributed by atoms with van der Waals surface area (Å²) in [5.74, 6) is -4.39. The predicted molar refractivity (Wildman–Crippen MR) is 102 cm³/mol. The van der Waals surface area contributed by atoms with Crippen molar-refractivity contribution >= 4 is 29.2 Å². The van der Waals surface area contributed by atoms with Crippen molar-refractivity contribution in [2.24, 2.45) is 5.92 Å². The molecule has 0 spiro atoms. The van der Waals surface area contributed by atoms with Gasteiger partial charge in [0, 0.05) is 18.7 Å². The van der Waals surface area contributed by atoms with Crippen LogP contribution in [0.15, 0.2) is 36.4 Å². The molecule has 0 aliphatic carbocycles. The van der Waals surface area contributed by atoms with Crippen LogP contribution in [0.2, 0.25) is 0 Å². The number of hydrogen-bond donors (Lipinski definition) is 1. The Morgan fingerprint density at radius 2 is 1.79 bits per heavy atom. The minimum atomic E-state index is -0.935. The van der Waals surface area contributed by atoms with Crippen molar-refractivity contribution in [3.63, 3.8) is 0 Å². The van der Waals surface area contributed by atoms with E-state index in [0.717, 1.165) is 28.9 Å². The van der Waals surface area contributed by atoms with E-state index in [-0.39, 0.29) is 18.9 Å². The lowest BCUT2D eigenvalue weighted by Gasteiger charge is -2.20. The molecular formula is C21H20F2N2O4. The van der Waals surface area contributed by atoms with Crippen LogP contribution in [0.4, 0.5) is 20.2 Å². The molecule has 1 aliphatic heterocycles. The van der Waals surface area contributed by atoms with Crippen LogP contribution < -0.4 is 10.2 Å². The summed E-state index contributed by atoms with van der Waals surface area (Å²) in [6.45, 7) is 3.27. The van der Waals surface area contributed by atoms with Crippen molar-refractivity contribution in [3.05, 3.63) is 59.2 Å². The summed E-state index contributed by atoms with van der Waals surface area (Å²) in [7, 11) is 0. The quantitative estimate of drug-likeness (QED) is 0.780. The average Bonchev–Trinajstić information content (AvgIpc) is 3.06. The molecule has 152 valence electrons. The first-order chi connectivity index (χ1) is 13.8. The van der Waals surface area contributed by atoms with Crippen LogP contribution in [0.5, 0.6) is 0 Å². The molecule has 1 atom stereocenters. The summed E-state index contributed by atoms with van der Waals surface area (Å²) >= 11 is 0. The molecule has 2 aromatic carbocycles. The summed E-state index contributed by atoms with van der Waals surface area (Å²) in [6.07, 6.45) is -0.0320. The fourth-order valence-electron chi connectivity index (χ4n) is 3.17. The number of carbonyl (C=O) groups is 3. The van der Waals surface area contributed by atoms with Crippen LogP contribution in [-0.4, -0.2) is 30.9 Å². The zero-order valence-electron chi connectivity index (χ0n) is 16.0. The summed E-state index contributed by atoms with van der Waals surface area (Å²) < 4.78 is 32.1. The highest BCUT2D eigenvalue weighted by Crippen LogP contribution is 2.29. The van der Waals surface area contributed by atoms with E-state index in [1.165, 1.54) is 11.0 Å². The van der Waals surface area contributed by atoms with Crippen molar-refractivity contribution in [1.82, 2.24) is 0 Å². The number of esters is 1. The van der Waals surface area contributed by atoms with Crippen LogP contribution in [0.3, 0.4) is 0 Å². The zero-order valence-corrected chi connectivity index (χ0v) is 16.0. The van der Waals surface area contributed by atoms with Crippen LogP contribution in [0.1, 0.15) is 17.5 Å². The number of ether oxygens (including phenoxy) is 1. The highest BCUT2D eigenvalue weighted by Gasteiger charge is 2.37. The Hall–Kier alpha value is -3.29. The zero-order chi connectivity index (χ0) is 21.1. The molecule has 6 nitrogen and oxygen atoms in total. The van der Waals surface area contributed by atoms with E-state index in [1.807, 2.05) is 37.4 Å². The number of nitrogens with one attached hydrogen (secondary N) is 1. The second-order valence-corrected chi connectivity index (χ2v) is 6.88. The molecule has 0 aromatic heterocycles. The molecule has 3 rings (SSSR count). The third kappa shape index (κ3) is 4.42. The molecule has 2 amide bonds. The van der Waals surface area contributed by atoms with Gasteiger partial charge in [-0.15, -0.1) is 0 Å². The topological polar surface area (TPSA) is 75.7 Å². The highest BCUT2D eigenvalue weighted by molar-refractivity contribution is 6.00. The van der Waals surface area contributed by atoms with Gasteiger partial charge in [-0.2, -0.15) is 0 Å². The smallest absolute Gasteiger partial charge is 0.311 e. The van der Waals surface area contributed by atoms with Gasteiger partial charge in [-0.05, 0) is 43.2 Å². The lowest BCUT2D eigenvalue weighted by Crippen LogP contribution is -2.28. The van der Waals surface area contributed by atoms with Crippen molar-refractivity contribution in [1.29, 1.82) is 0 Å². The molecule has 1 fully saturated rings. The molecule has 2 aromatic rings. The monoisotopic (exact) mass is 402 g/mol. The normalized spacial score (nSPS) is 16.1. The first-order valence-corrected chi connectivity index (χ1v) is 9.05. The van der Waals surface area contributed by atoms with Crippen molar-refractivity contribution in [2.45, 2.75) is 20.3 Å².